The monoisotopic (exact) mass is 388 g/mol. The van der Waals surface area contributed by atoms with E-state index in [9.17, 15) is 9.59 Å². The number of benzene rings is 1. The van der Waals surface area contributed by atoms with Crippen molar-refractivity contribution in [2.24, 2.45) is 4.99 Å². The number of rotatable bonds is 6. The van der Waals surface area contributed by atoms with Gasteiger partial charge in [-0.15, -0.1) is 0 Å². The molecule has 2 fully saturated rings. The van der Waals surface area contributed by atoms with Crippen molar-refractivity contribution in [2.75, 3.05) is 36.4 Å². The predicted molar refractivity (Wildman–Crippen MR) is 112 cm³/mol. The van der Waals surface area contributed by atoms with Crippen molar-refractivity contribution in [2.45, 2.75) is 44.8 Å². The van der Waals surface area contributed by atoms with Crippen LogP contribution in [-0.2, 0) is 9.59 Å². The van der Waals surface area contributed by atoms with Crippen molar-refractivity contribution in [3.63, 3.8) is 0 Å². The Labute approximate surface area is 165 Å². The van der Waals surface area contributed by atoms with Gasteiger partial charge in [0.25, 0.3) is 0 Å². The molecule has 2 aliphatic heterocycles. The van der Waals surface area contributed by atoms with E-state index in [1.807, 2.05) is 26.0 Å². The summed E-state index contributed by atoms with van der Waals surface area (Å²) in [7, 11) is 0. The fraction of sp³-hybridized carbons (Fsp3) is 0.550. The Kier molecular flexibility index (Phi) is 6.77. The van der Waals surface area contributed by atoms with Gasteiger partial charge >= 0.3 is 0 Å². The van der Waals surface area contributed by atoms with Crippen molar-refractivity contribution in [1.82, 2.24) is 4.90 Å². The van der Waals surface area contributed by atoms with Crippen LogP contribution in [0, 0.1) is 0 Å². The summed E-state index contributed by atoms with van der Waals surface area (Å²) in [6.45, 7) is 7.29. The molecule has 1 atom stereocenters. The summed E-state index contributed by atoms with van der Waals surface area (Å²) < 4.78 is 0. The Morgan fingerprint density at radius 2 is 1.89 bits per heavy atom. The second kappa shape index (κ2) is 9.26. The number of thioether (sulfide) groups is 1. The molecule has 2 saturated heterocycles. The van der Waals surface area contributed by atoms with Crippen LogP contribution < -0.4 is 10.2 Å². The highest BCUT2D eigenvalue weighted by molar-refractivity contribution is 8.15. The summed E-state index contributed by atoms with van der Waals surface area (Å²) in [4.78, 5) is 33.3. The van der Waals surface area contributed by atoms with Gasteiger partial charge in [-0.05, 0) is 57.4 Å². The first-order valence-electron chi connectivity index (χ1n) is 9.79. The van der Waals surface area contributed by atoms with Gasteiger partial charge in [0.15, 0.2) is 5.17 Å². The van der Waals surface area contributed by atoms with Gasteiger partial charge in [-0.1, -0.05) is 11.8 Å². The van der Waals surface area contributed by atoms with E-state index in [0.29, 0.717) is 13.1 Å². The fourth-order valence-corrected chi connectivity index (χ4v) is 4.74. The SMILES string of the molecule is CCN=C1S[C@@H](CC(=O)Nc2ccc(N3CCCCC3)cc2)C(=O)N1CC. The van der Waals surface area contributed by atoms with Gasteiger partial charge in [0, 0.05) is 44.0 Å². The van der Waals surface area contributed by atoms with Crippen molar-refractivity contribution in [1.29, 1.82) is 0 Å². The number of anilines is 2. The molecule has 2 amide bonds. The van der Waals surface area contributed by atoms with E-state index in [0.717, 1.165) is 23.9 Å². The van der Waals surface area contributed by atoms with Crippen molar-refractivity contribution < 1.29 is 9.59 Å². The number of nitrogens with zero attached hydrogens (tertiary/aromatic N) is 3. The summed E-state index contributed by atoms with van der Waals surface area (Å²) in [5, 5.41) is 3.26. The molecular weight excluding hydrogens is 360 g/mol. The zero-order chi connectivity index (χ0) is 19.2. The van der Waals surface area contributed by atoms with Crippen LogP contribution in [0.5, 0.6) is 0 Å². The Bertz CT molecular complexity index is 698. The third-order valence-electron chi connectivity index (χ3n) is 4.87. The Morgan fingerprint density at radius 3 is 2.52 bits per heavy atom. The Hall–Kier alpha value is -2.02. The number of carbonyl (C=O) groups excluding carboxylic acids is 2. The number of nitrogens with one attached hydrogen (secondary N) is 1. The smallest absolute Gasteiger partial charge is 0.242 e. The van der Waals surface area contributed by atoms with Crippen LogP contribution in [0.25, 0.3) is 0 Å². The molecule has 1 aromatic carbocycles. The van der Waals surface area contributed by atoms with Crippen molar-refractivity contribution in [3.8, 4) is 0 Å². The van der Waals surface area contributed by atoms with Gasteiger partial charge in [-0.2, -0.15) is 0 Å². The molecule has 0 radical (unpaired) electrons. The lowest BCUT2D eigenvalue weighted by atomic mass is 10.1. The normalized spacial score (nSPS) is 21.8. The summed E-state index contributed by atoms with van der Waals surface area (Å²) in [5.74, 6) is -0.161. The van der Waals surface area contributed by atoms with E-state index in [4.69, 9.17) is 0 Å². The van der Waals surface area contributed by atoms with E-state index < -0.39 is 0 Å². The average molecular weight is 389 g/mol. The van der Waals surface area contributed by atoms with Gasteiger partial charge in [0.2, 0.25) is 11.8 Å². The quantitative estimate of drug-likeness (QED) is 0.812. The molecule has 0 unspecified atom stereocenters. The maximum atomic E-state index is 12.5. The molecule has 2 aliphatic rings. The molecule has 0 bridgehead atoms. The molecule has 2 heterocycles. The first-order valence-corrected chi connectivity index (χ1v) is 10.7. The first-order chi connectivity index (χ1) is 13.1. The molecule has 0 spiro atoms. The largest absolute Gasteiger partial charge is 0.372 e. The minimum atomic E-state index is -0.386. The number of amidine groups is 1. The van der Waals surface area contributed by atoms with Gasteiger partial charge in [-0.3, -0.25) is 19.5 Å². The molecule has 1 aromatic rings. The summed E-state index contributed by atoms with van der Waals surface area (Å²) >= 11 is 1.40. The van der Waals surface area contributed by atoms with Crippen LogP contribution in [-0.4, -0.2) is 53.3 Å². The number of aliphatic imine (C=N–C) groups is 1. The lowest BCUT2D eigenvalue weighted by molar-refractivity contribution is -0.128. The number of carbonyl (C=O) groups is 2. The van der Waals surface area contributed by atoms with E-state index in [2.05, 4.69) is 27.3 Å². The third-order valence-corrected chi connectivity index (χ3v) is 6.09. The molecule has 0 aromatic heterocycles. The number of hydrogen-bond acceptors (Lipinski definition) is 5. The minimum Gasteiger partial charge on any atom is -0.372 e. The lowest BCUT2D eigenvalue weighted by Gasteiger charge is -2.28. The first kappa shape index (κ1) is 19.7. The molecule has 6 nitrogen and oxygen atoms in total. The van der Waals surface area contributed by atoms with Crippen LogP contribution in [0.3, 0.4) is 0 Å². The Morgan fingerprint density at radius 1 is 1.19 bits per heavy atom. The fourth-order valence-electron chi connectivity index (χ4n) is 3.48. The minimum absolute atomic E-state index is 0.0229. The molecule has 27 heavy (non-hydrogen) atoms. The van der Waals surface area contributed by atoms with Crippen molar-refractivity contribution in [3.05, 3.63) is 24.3 Å². The highest BCUT2D eigenvalue weighted by Crippen LogP contribution is 2.30. The topological polar surface area (TPSA) is 65.0 Å². The molecule has 1 N–H and O–H groups in total. The van der Waals surface area contributed by atoms with Crippen LogP contribution in [0.1, 0.15) is 39.5 Å². The summed E-state index contributed by atoms with van der Waals surface area (Å²) in [6.07, 6.45) is 3.95. The standard InChI is InChI=1S/C20H28N4O2S/c1-3-21-20-24(4-2)19(26)17(27-20)14-18(25)22-15-8-10-16(11-9-15)23-12-6-5-7-13-23/h8-11,17H,3-7,12-14H2,1-2H3,(H,22,25)/t17-/m0/s1. The number of amides is 2. The van der Waals surface area contributed by atoms with E-state index in [-0.39, 0.29) is 23.5 Å². The zero-order valence-corrected chi connectivity index (χ0v) is 16.9. The van der Waals surface area contributed by atoms with Crippen LogP contribution >= 0.6 is 11.8 Å². The second-order valence-electron chi connectivity index (χ2n) is 6.79. The second-order valence-corrected chi connectivity index (χ2v) is 7.96. The molecular formula is C20H28N4O2S. The highest BCUT2D eigenvalue weighted by atomic mass is 32.2. The number of hydrogen-bond donors (Lipinski definition) is 1. The van der Waals surface area contributed by atoms with Crippen LogP contribution in [0.4, 0.5) is 11.4 Å². The van der Waals surface area contributed by atoms with Gasteiger partial charge in [0.05, 0.1) is 0 Å². The highest BCUT2D eigenvalue weighted by Gasteiger charge is 2.38. The van der Waals surface area contributed by atoms with Crippen LogP contribution in [0.2, 0.25) is 0 Å². The maximum Gasteiger partial charge on any atom is 0.242 e. The van der Waals surface area contributed by atoms with E-state index in [1.165, 1.54) is 36.7 Å². The molecule has 146 valence electrons. The number of piperidine rings is 1. The lowest BCUT2D eigenvalue weighted by Crippen LogP contribution is -2.33. The van der Waals surface area contributed by atoms with E-state index in [1.54, 1.807) is 4.90 Å². The Balaban J connectivity index is 1.56. The predicted octanol–water partition coefficient (Wildman–Crippen LogP) is 3.35. The molecule has 0 saturated carbocycles. The summed E-state index contributed by atoms with van der Waals surface area (Å²) in [5.41, 5.74) is 1.97. The molecule has 3 rings (SSSR count). The molecule has 0 aliphatic carbocycles. The average Bonchev–Trinajstić information content (AvgIpc) is 2.97. The van der Waals surface area contributed by atoms with Crippen LogP contribution in [0.15, 0.2) is 29.3 Å². The third kappa shape index (κ3) is 4.83. The summed E-state index contributed by atoms with van der Waals surface area (Å²) in [6, 6.07) is 7.99. The van der Waals surface area contributed by atoms with Gasteiger partial charge in [-0.25, -0.2) is 0 Å². The van der Waals surface area contributed by atoms with E-state index >= 15 is 0 Å². The maximum absolute atomic E-state index is 12.5. The van der Waals surface area contributed by atoms with Gasteiger partial charge < -0.3 is 10.2 Å². The zero-order valence-electron chi connectivity index (χ0n) is 16.1. The van der Waals surface area contributed by atoms with Crippen molar-refractivity contribution >= 4 is 40.1 Å². The van der Waals surface area contributed by atoms with Gasteiger partial charge in [0.1, 0.15) is 5.25 Å². The molecule has 7 heteroatoms.